The number of piperazine rings is 1. The first kappa shape index (κ1) is 13.3. The molecule has 2 rings (SSSR count). The van der Waals surface area contributed by atoms with Gasteiger partial charge in [-0.1, -0.05) is 11.6 Å². The fraction of sp³-hybridized carbons (Fsp3) is 0.500. The number of hydrogen-bond acceptors (Lipinski definition) is 2. The number of carbonyl (C=O) groups is 1. The minimum Gasteiger partial charge on any atom is -0.328 e. The fourth-order valence-electron chi connectivity index (χ4n) is 2.11. The maximum Gasteiger partial charge on any atom is 0.279 e. The van der Waals surface area contributed by atoms with Crippen molar-refractivity contribution in [3.63, 3.8) is 0 Å². The quantitative estimate of drug-likeness (QED) is 0.562. The van der Waals surface area contributed by atoms with E-state index in [9.17, 15) is 4.79 Å². The summed E-state index contributed by atoms with van der Waals surface area (Å²) in [6.45, 7) is 4.82. The molecular formula is C12H19ClN4O+2. The number of anilines is 1. The van der Waals surface area contributed by atoms with Crippen molar-refractivity contribution < 1.29 is 14.6 Å². The Morgan fingerprint density at radius 3 is 2.83 bits per heavy atom. The van der Waals surface area contributed by atoms with E-state index in [1.54, 1.807) is 18.3 Å². The Morgan fingerprint density at radius 2 is 2.17 bits per heavy atom. The van der Waals surface area contributed by atoms with Crippen LogP contribution < -0.4 is 15.1 Å². The number of amides is 1. The van der Waals surface area contributed by atoms with Crippen LogP contribution in [-0.2, 0) is 4.79 Å². The molecule has 5 nitrogen and oxygen atoms in total. The summed E-state index contributed by atoms with van der Waals surface area (Å²) in [6.07, 6.45) is 1.60. The van der Waals surface area contributed by atoms with Gasteiger partial charge in [0.25, 0.3) is 5.91 Å². The zero-order valence-corrected chi connectivity index (χ0v) is 11.3. The molecule has 0 bridgehead atoms. The van der Waals surface area contributed by atoms with Gasteiger partial charge in [0, 0.05) is 6.20 Å². The van der Waals surface area contributed by atoms with Crippen molar-refractivity contribution in [1.82, 2.24) is 4.98 Å². The Bertz CT molecular complexity index is 418. The number of rotatable bonds is 3. The number of likely N-dealkylation sites (N-methyl/N-ethyl adjacent to an activating group) is 1. The van der Waals surface area contributed by atoms with Crippen LogP contribution in [0, 0.1) is 0 Å². The summed E-state index contributed by atoms with van der Waals surface area (Å²) < 4.78 is 0. The highest BCUT2D eigenvalue weighted by atomic mass is 35.5. The highest BCUT2D eigenvalue weighted by Crippen LogP contribution is 2.16. The first-order chi connectivity index (χ1) is 8.65. The van der Waals surface area contributed by atoms with Crippen LogP contribution in [0.2, 0.25) is 5.15 Å². The van der Waals surface area contributed by atoms with Crippen molar-refractivity contribution in [2.24, 2.45) is 0 Å². The largest absolute Gasteiger partial charge is 0.328 e. The van der Waals surface area contributed by atoms with Crippen LogP contribution in [0.4, 0.5) is 5.69 Å². The van der Waals surface area contributed by atoms with Gasteiger partial charge in [-0.15, -0.1) is 0 Å². The first-order valence-corrected chi connectivity index (χ1v) is 6.58. The lowest BCUT2D eigenvalue weighted by Gasteiger charge is -2.26. The van der Waals surface area contributed by atoms with Gasteiger partial charge in [-0.3, -0.25) is 4.79 Å². The van der Waals surface area contributed by atoms with Crippen LogP contribution in [0.5, 0.6) is 0 Å². The lowest BCUT2D eigenvalue weighted by molar-refractivity contribution is -0.999. The standard InChI is InChI=1S/C12H17ClN4O/c1-16-5-7-17(8-6-16)9-11(18)15-10-3-2-4-14-12(10)13/h2-4H,5-9H2,1H3,(H,15,18)/p+2. The maximum atomic E-state index is 11.9. The number of nitrogens with zero attached hydrogens (tertiary/aromatic N) is 1. The van der Waals surface area contributed by atoms with Gasteiger partial charge in [0.15, 0.2) is 11.7 Å². The van der Waals surface area contributed by atoms with Crippen LogP contribution in [0.15, 0.2) is 18.3 Å². The van der Waals surface area contributed by atoms with Crippen molar-refractivity contribution in [3.8, 4) is 0 Å². The van der Waals surface area contributed by atoms with Crippen molar-refractivity contribution >= 4 is 23.2 Å². The molecule has 0 radical (unpaired) electrons. The number of quaternary nitrogens is 2. The molecule has 1 amide bonds. The summed E-state index contributed by atoms with van der Waals surface area (Å²) >= 11 is 5.89. The lowest BCUT2D eigenvalue weighted by Crippen LogP contribution is -3.27. The van der Waals surface area contributed by atoms with Gasteiger partial charge in [-0.05, 0) is 12.1 Å². The third-order valence-corrected chi connectivity index (χ3v) is 3.56. The van der Waals surface area contributed by atoms with Crippen molar-refractivity contribution in [3.05, 3.63) is 23.5 Å². The van der Waals surface area contributed by atoms with E-state index in [0.717, 1.165) is 26.2 Å². The zero-order valence-electron chi connectivity index (χ0n) is 10.5. The van der Waals surface area contributed by atoms with E-state index in [1.807, 2.05) is 0 Å². The maximum absolute atomic E-state index is 11.9. The topological polar surface area (TPSA) is 50.9 Å². The van der Waals surface area contributed by atoms with E-state index in [2.05, 4.69) is 17.3 Å². The molecule has 1 aromatic rings. The second kappa shape index (κ2) is 6.13. The summed E-state index contributed by atoms with van der Waals surface area (Å²) in [5, 5.41) is 3.14. The molecule has 3 N–H and O–H groups in total. The third-order valence-electron chi connectivity index (χ3n) is 3.25. The van der Waals surface area contributed by atoms with Crippen molar-refractivity contribution in [2.45, 2.75) is 0 Å². The smallest absolute Gasteiger partial charge is 0.279 e. The Morgan fingerprint density at radius 1 is 1.44 bits per heavy atom. The van der Waals surface area contributed by atoms with Gasteiger partial charge in [-0.2, -0.15) is 0 Å². The molecule has 0 spiro atoms. The number of halogens is 1. The predicted molar refractivity (Wildman–Crippen MR) is 70.1 cm³/mol. The summed E-state index contributed by atoms with van der Waals surface area (Å²) in [6, 6.07) is 3.52. The van der Waals surface area contributed by atoms with Crippen LogP contribution in [0.3, 0.4) is 0 Å². The van der Waals surface area contributed by atoms with Crippen LogP contribution in [-0.4, -0.2) is 50.7 Å². The first-order valence-electron chi connectivity index (χ1n) is 6.20. The van der Waals surface area contributed by atoms with E-state index in [4.69, 9.17) is 11.6 Å². The molecule has 0 saturated carbocycles. The van der Waals surface area contributed by atoms with Gasteiger partial charge in [0.2, 0.25) is 0 Å². The van der Waals surface area contributed by atoms with Gasteiger partial charge < -0.3 is 15.1 Å². The van der Waals surface area contributed by atoms with Gasteiger partial charge >= 0.3 is 0 Å². The van der Waals surface area contributed by atoms with Crippen LogP contribution in [0.1, 0.15) is 0 Å². The summed E-state index contributed by atoms with van der Waals surface area (Å²) in [5.41, 5.74) is 0.586. The summed E-state index contributed by atoms with van der Waals surface area (Å²) in [4.78, 5) is 18.7. The van der Waals surface area contributed by atoms with Crippen molar-refractivity contribution in [2.75, 3.05) is 45.1 Å². The highest BCUT2D eigenvalue weighted by Gasteiger charge is 2.22. The monoisotopic (exact) mass is 270 g/mol. The molecule has 1 fully saturated rings. The van der Waals surface area contributed by atoms with E-state index < -0.39 is 0 Å². The SMILES string of the molecule is C[NH+]1CC[NH+](CC(=O)Nc2cccnc2Cl)CC1. The third kappa shape index (κ3) is 3.66. The molecule has 18 heavy (non-hydrogen) atoms. The molecule has 1 aromatic heterocycles. The predicted octanol–water partition coefficient (Wildman–Crippen LogP) is -1.91. The number of pyridine rings is 1. The number of aromatic nitrogens is 1. The van der Waals surface area contributed by atoms with Crippen LogP contribution in [0.25, 0.3) is 0 Å². The molecule has 98 valence electrons. The molecule has 1 aliphatic heterocycles. The van der Waals surface area contributed by atoms with E-state index in [1.165, 1.54) is 9.80 Å². The Kier molecular flexibility index (Phi) is 4.52. The molecule has 2 heterocycles. The van der Waals surface area contributed by atoms with E-state index in [-0.39, 0.29) is 5.91 Å². The minimum atomic E-state index is -0.000506. The summed E-state index contributed by atoms with van der Waals surface area (Å²) in [7, 11) is 2.19. The molecule has 0 unspecified atom stereocenters. The molecular weight excluding hydrogens is 252 g/mol. The second-order valence-corrected chi connectivity index (χ2v) is 5.13. The second-order valence-electron chi connectivity index (χ2n) is 4.77. The number of hydrogen-bond donors (Lipinski definition) is 3. The van der Waals surface area contributed by atoms with Crippen molar-refractivity contribution in [1.29, 1.82) is 0 Å². The molecule has 0 atom stereocenters. The Hall–Kier alpha value is -1.17. The number of carbonyl (C=O) groups excluding carboxylic acids is 1. The molecule has 1 saturated heterocycles. The fourth-order valence-corrected chi connectivity index (χ4v) is 2.27. The average molecular weight is 271 g/mol. The Balaban J connectivity index is 1.84. The molecule has 0 aliphatic carbocycles. The van der Waals surface area contributed by atoms with E-state index in [0.29, 0.717) is 17.4 Å². The molecule has 6 heteroatoms. The van der Waals surface area contributed by atoms with Gasteiger partial charge in [0.05, 0.1) is 12.7 Å². The normalized spacial score (nSPS) is 23.7. The minimum absolute atomic E-state index is 0.000506. The van der Waals surface area contributed by atoms with Gasteiger partial charge in [0.1, 0.15) is 26.2 Å². The zero-order chi connectivity index (χ0) is 13.0. The molecule has 0 aromatic carbocycles. The lowest BCUT2D eigenvalue weighted by atomic mass is 10.3. The summed E-state index contributed by atoms with van der Waals surface area (Å²) in [5.74, 6) is -0.000506. The number of nitrogens with one attached hydrogen (secondary N) is 3. The Labute approximate surface area is 112 Å². The highest BCUT2D eigenvalue weighted by molar-refractivity contribution is 6.32. The van der Waals surface area contributed by atoms with Gasteiger partial charge in [-0.25, -0.2) is 4.98 Å². The van der Waals surface area contributed by atoms with Crippen LogP contribution >= 0.6 is 11.6 Å². The van der Waals surface area contributed by atoms with E-state index >= 15 is 0 Å². The molecule has 1 aliphatic rings. The average Bonchev–Trinajstić information content (AvgIpc) is 2.35.